The molecule has 0 spiro atoms. The molecule has 0 saturated heterocycles. The van der Waals surface area contributed by atoms with Crippen molar-refractivity contribution in [2.75, 3.05) is 16.8 Å². The summed E-state index contributed by atoms with van der Waals surface area (Å²) in [7, 11) is 0. The van der Waals surface area contributed by atoms with Crippen molar-refractivity contribution < 1.29 is 9.59 Å². The third kappa shape index (κ3) is 4.29. The summed E-state index contributed by atoms with van der Waals surface area (Å²) >= 11 is 0. The average molecular weight is 385 g/mol. The van der Waals surface area contributed by atoms with Crippen LogP contribution < -0.4 is 15.5 Å². The van der Waals surface area contributed by atoms with Gasteiger partial charge in [-0.1, -0.05) is 42.5 Å². The maximum Gasteiger partial charge on any atom is 0.319 e. The fraction of sp³-hybridized carbons (Fsp3) is 0.167. The van der Waals surface area contributed by atoms with E-state index in [1.807, 2.05) is 84.6 Å². The predicted octanol–water partition coefficient (Wildman–Crippen LogP) is 4.52. The van der Waals surface area contributed by atoms with Gasteiger partial charge in [-0.15, -0.1) is 0 Å². The Morgan fingerprint density at radius 1 is 0.966 bits per heavy atom. The number of hydrogen-bond acceptors (Lipinski definition) is 2. The number of carbonyl (C=O) groups excluding carboxylic acids is 2. The zero-order valence-electron chi connectivity index (χ0n) is 16.3. The van der Waals surface area contributed by atoms with Crippen LogP contribution in [-0.2, 0) is 13.0 Å². The maximum absolute atomic E-state index is 12.9. The zero-order chi connectivity index (χ0) is 20.2. The lowest BCUT2D eigenvalue weighted by molar-refractivity contribution is 0.0989. The lowest BCUT2D eigenvalue weighted by Gasteiger charge is -2.18. The first-order chi connectivity index (χ1) is 14.1. The van der Waals surface area contributed by atoms with Crippen molar-refractivity contribution >= 4 is 23.3 Å². The second-order valence-corrected chi connectivity index (χ2v) is 7.21. The van der Waals surface area contributed by atoms with Gasteiger partial charge in [0.2, 0.25) is 0 Å². The molecule has 0 saturated carbocycles. The van der Waals surface area contributed by atoms with Crippen molar-refractivity contribution in [3.05, 3.63) is 95.1 Å². The van der Waals surface area contributed by atoms with Crippen molar-refractivity contribution in [2.24, 2.45) is 0 Å². The molecule has 5 nitrogen and oxygen atoms in total. The molecule has 3 aromatic rings. The van der Waals surface area contributed by atoms with Gasteiger partial charge >= 0.3 is 6.03 Å². The molecule has 4 rings (SSSR count). The van der Waals surface area contributed by atoms with Crippen LogP contribution in [0, 0.1) is 6.92 Å². The first-order valence-corrected chi connectivity index (χ1v) is 9.70. The molecule has 0 aromatic heterocycles. The lowest BCUT2D eigenvalue weighted by atomic mass is 10.1. The van der Waals surface area contributed by atoms with Gasteiger partial charge in [-0.2, -0.15) is 0 Å². The molecular weight excluding hydrogens is 362 g/mol. The molecule has 0 radical (unpaired) electrons. The number of rotatable bonds is 4. The summed E-state index contributed by atoms with van der Waals surface area (Å²) in [5, 5.41) is 5.72. The Labute approximate surface area is 170 Å². The number of fused-ring (bicyclic) bond motifs is 1. The number of nitrogens with one attached hydrogen (secondary N) is 2. The van der Waals surface area contributed by atoms with E-state index in [4.69, 9.17) is 0 Å². The molecule has 1 aliphatic heterocycles. The van der Waals surface area contributed by atoms with Gasteiger partial charge in [0.25, 0.3) is 5.91 Å². The largest absolute Gasteiger partial charge is 0.334 e. The summed E-state index contributed by atoms with van der Waals surface area (Å²) in [5.41, 5.74) is 5.57. The SMILES string of the molecule is Cc1cccc(NC(=O)NCc2ccc3c(c2)N(C(=O)c2ccccc2)CC3)c1. The van der Waals surface area contributed by atoms with Gasteiger partial charge < -0.3 is 15.5 Å². The molecule has 0 aliphatic carbocycles. The van der Waals surface area contributed by atoms with Crippen LogP contribution >= 0.6 is 0 Å². The number of anilines is 2. The van der Waals surface area contributed by atoms with Crippen LogP contribution in [0.4, 0.5) is 16.2 Å². The summed E-state index contributed by atoms with van der Waals surface area (Å²) < 4.78 is 0. The molecule has 146 valence electrons. The number of amides is 3. The van der Waals surface area contributed by atoms with E-state index in [-0.39, 0.29) is 11.9 Å². The molecule has 5 heteroatoms. The van der Waals surface area contributed by atoms with Crippen LogP contribution in [0.3, 0.4) is 0 Å². The van der Waals surface area contributed by atoms with Crippen LogP contribution in [0.2, 0.25) is 0 Å². The molecule has 0 unspecified atom stereocenters. The number of benzene rings is 3. The number of aryl methyl sites for hydroxylation is 1. The number of nitrogens with zero attached hydrogens (tertiary/aromatic N) is 1. The fourth-order valence-electron chi connectivity index (χ4n) is 3.56. The topological polar surface area (TPSA) is 61.4 Å². The number of hydrogen-bond donors (Lipinski definition) is 2. The van der Waals surface area contributed by atoms with Crippen molar-refractivity contribution in [2.45, 2.75) is 19.9 Å². The van der Waals surface area contributed by atoms with E-state index in [1.54, 1.807) is 0 Å². The van der Waals surface area contributed by atoms with Gasteiger partial charge in [-0.05, 0) is 60.4 Å². The molecule has 0 atom stereocenters. The van der Waals surface area contributed by atoms with E-state index in [9.17, 15) is 9.59 Å². The smallest absolute Gasteiger partial charge is 0.319 e. The molecule has 0 bridgehead atoms. The minimum Gasteiger partial charge on any atom is -0.334 e. The van der Waals surface area contributed by atoms with Gasteiger partial charge in [-0.3, -0.25) is 4.79 Å². The van der Waals surface area contributed by atoms with Gasteiger partial charge in [0.15, 0.2) is 0 Å². The van der Waals surface area contributed by atoms with Crippen molar-refractivity contribution in [3.63, 3.8) is 0 Å². The normalized spacial score (nSPS) is 12.4. The van der Waals surface area contributed by atoms with Crippen LogP contribution in [0.15, 0.2) is 72.8 Å². The van der Waals surface area contributed by atoms with Gasteiger partial charge in [0.1, 0.15) is 0 Å². The quantitative estimate of drug-likeness (QED) is 0.694. The van der Waals surface area contributed by atoms with E-state index in [2.05, 4.69) is 10.6 Å². The fourth-order valence-corrected chi connectivity index (χ4v) is 3.56. The molecule has 0 fully saturated rings. The molecule has 1 heterocycles. The summed E-state index contributed by atoms with van der Waals surface area (Å²) in [6.45, 7) is 3.04. The lowest BCUT2D eigenvalue weighted by Crippen LogP contribution is -2.29. The Morgan fingerprint density at radius 2 is 1.79 bits per heavy atom. The Morgan fingerprint density at radius 3 is 2.59 bits per heavy atom. The summed E-state index contributed by atoms with van der Waals surface area (Å²) in [6.07, 6.45) is 0.843. The van der Waals surface area contributed by atoms with Crippen molar-refractivity contribution in [3.8, 4) is 0 Å². The Balaban J connectivity index is 1.43. The molecule has 29 heavy (non-hydrogen) atoms. The van der Waals surface area contributed by atoms with Crippen LogP contribution in [-0.4, -0.2) is 18.5 Å². The highest BCUT2D eigenvalue weighted by Crippen LogP contribution is 2.30. The van der Waals surface area contributed by atoms with Crippen molar-refractivity contribution in [1.29, 1.82) is 0 Å². The minimum absolute atomic E-state index is 0.00616. The Bertz CT molecular complexity index is 1050. The second-order valence-electron chi connectivity index (χ2n) is 7.21. The summed E-state index contributed by atoms with van der Waals surface area (Å²) in [6, 6.07) is 22.8. The van der Waals surface area contributed by atoms with Crippen molar-refractivity contribution in [1.82, 2.24) is 5.32 Å². The summed E-state index contributed by atoms with van der Waals surface area (Å²) in [5.74, 6) is 0.00616. The molecule has 3 amide bonds. The monoisotopic (exact) mass is 385 g/mol. The zero-order valence-corrected chi connectivity index (χ0v) is 16.3. The highest BCUT2D eigenvalue weighted by Gasteiger charge is 2.25. The maximum atomic E-state index is 12.9. The van der Waals surface area contributed by atoms with E-state index in [0.29, 0.717) is 18.7 Å². The standard InChI is InChI=1S/C24H23N3O2/c1-17-6-5-9-21(14-17)26-24(29)25-16-18-10-11-19-12-13-27(22(19)15-18)23(28)20-7-3-2-4-8-20/h2-11,14-15H,12-13,16H2,1H3,(H2,25,26,29). The van der Waals surface area contributed by atoms with E-state index >= 15 is 0 Å². The van der Waals surface area contributed by atoms with Crippen LogP contribution in [0.1, 0.15) is 27.0 Å². The highest BCUT2D eigenvalue weighted by molar-refractivity contribution is 6.07. The molecular formula is C24H23N3O2. The number of carbonyl (C=O) groups is 2. The van der Waals surface area contributed by atoms with Gasteiger partial charge in [-0.25, -0.2) is 4.79 Å². The third-order valence-electron chi connectivity index (χ3n) is 5.04. The Kier molecular flexibility index (Phi) is 5.29. The minimum atomic E-state index is -0.256. The molecule has 3 aromatic carbocycles. The van der Waals surface area contributed by atoms with E-state index in [0.717, 1.165) is 34.5 Å². The predicted molar refractivity (Wildman–Crippen MR) is 115 cm³/mol. The van der Waals surface area contributed by atoms with Gasteiger partial charge in [0.05, 0.1) is 0 Å². The summed E-state index contributed by atoms with van der Waals surface area (Å²) in [4.78, 5) is 26.9. The average Bonchev–Trinajstić information content (AvgIpc) is 3.15. The first-order valence-electron chi connectivity index (χ1n) is 9.70. The first kappa shape index (κ1) is 18.7. The Hall–Kier alpha value is -3.60. The van der Waals surface area contributed by atoms with E-state index in [1.165, 1.54) is 0 Å². The van der Waals surface area contributed by atoms with Gasteiger partial charge in [0, 0.05) is 30.0 Å². The van der Waals surface area contributed by atoms with Crippen LogP contribution in [0.5, 0.6) is 0 Å². The molecule has 1 aliphatic rings. The van der Waals surface area contributed by atoms with Crippen LogP contribution in [0.25, 0.3) is 0 Å². The molecule has 2 N–H and O–H groups in total. The van der Waals surface area contributed by atoms with E-state index < -0.39 is 0 Å². The number of urea groups is 1. The third-order valence-corrected chi connectivity index (χ3v) is 5.04. The highest BCUT2D eigenvalue weighted by atomic mass is 16.2. The second kappa shape index (κ2) is 8.19.